The number of halogens is 2. The zero-order valence-electron chi connectivity index (χ0n) is 8.58. The van der Waals surface area contributed by atoms with Crippen molar-refractivity contribution < 1.29 is 0 Å². The Bertz CT molecular complexity index is 298. The molecule has 1 heterocycles. The molecule has 1 aliphatic rings. The Kier molecular flexibility index (Phi) is 5.40. The van der Waals surface area contributed by atoms with E-state index in [-0.39, 0.29) is 12.4 Å². The molecule has 1 fully saturated rings. The van der Waals surface area contributed by atoms with Gasteiger partial charge in [-0.05, 0) is 17.7 Å². The first-order valence-corrected chi connectivity index (χ1v) is 5.40. The van der Waals surface area contributed by atoms with Crippen LogP contribution in [0.1, 0.15) is 5.56 Å². The Balaban J connectivity index is 0.00000112. The summed E-state index contributed by atoms with van der Waals surface area (Å²) in [5.41, 5.74) is 1.31. The molecule has 0 radical (unpaired) electrons. The van der Waals surface area contributed by atoms with Gasteiger partial charge in [0.2, 0.25) is 0 Å². The lowest BCUT2D eigenvalue weighted by atomic mass is 10.2. The van der Waals surface area contributed by atoms with Crippen LogP contribution < -0.4 is 5.32 Å². The van der Waals surface area contributed by atoms with Gasteiger partial charge in [0.25, 0.3) is 0 Å². The number of piperazine rings is 1. The monoisotopic (exact) mass is 246 g/mol. The molecule has 0 bridgehead atoms. The Labute approximate surface area is 102 Å². The van der Waals surface area contributed by atoms with E-state index in [4.69, 9.17) is 11.6 Å². The fourth-order valence-corrected chi connectivity index (χ4v) is 1.98. The van der Waals surface area contributed by atoms with Gasteiger partial charge >= 0.3 is 0 Å². The molecule has 0 amide bonds. The summed E-state index contributed by atoms with van der Waals surface area (Å²) in [4.78, 5) is 2.45. The molecule has 1 N–H and O–H groups in total. The maximum absolute atomic E-state index is 5.93. The highest BCUT2D eigenvalue weighted by Gasteiger charge is 2.09. The highest BCUT2D eigenvalue weighted by molar-refractivity contribution is 6.30. The van der Waals surface area contributed by atoms with Crippen molar-refractivity contribution in [3.63, 3.8) is 0 Å². The Hall–Kier alpha value is -0.280. The minimum atomic E-state index is 0. The van der Waals surface area contributed by atoms with Gasteiger partial charge in [-0.3, -0.25) is 4.90 Å². The normalized spacial score (nSPS) is 17.1. The number of benzene rings is 1. The third-order valence-corrected chi connectivity index (χ3v) is 2.74. The fraction of sp³-hybridized carbons (Fsp3) is 0.455. The van der Waals surface area contributed by atoms with Gasteiger partial charge in [-0.1, -0.05) is 23.7 Å². The van der Waals surface area contributed by atoms with Crippen molar-refractivity contribution in [1.29, 1.82) is 0 Å². The summed E-state index contributed by atoms with van der Waals surface area (Å²) in [6, 6.07) is 8.11. The van der Waals surface area contributed by atoms with Crippen LogP contribution >= 0.6 is 24.0 Å². The molecule has 84 valence electrons. The van der Waals surface area contributed by atoms with E-state index >= 15 is 0 Å². The largest absolute Gasteiger partial charge is 0.314 e. The maximum Gasteiger partial charge on any atom is 0.0409 e. The van der Waals surface area contributed by atoms with E-state index in [0.29, 0.717) is 0 Å². The Morgan fingerprint density at radius 1 is 1.27 bits per heavy atom. The molecule has 1 aliphatic heterocycles. The molecule has 0 aliphatic carbocycles. The molecular formula is C11H16Cl2N2. The van der Waals surface area contributed by atoms with Gasteiger partial charge in [-0.25, -0.2) is 0 Å². The van der Waals surface area contributed by atoms with Crippen LogP contribution in [0.5, 0.6) is 0 Å². The van der Waals surface area contributed by atoms with Gasteiger partial charge in [-0.2, -0.15) is 0 Å². The molecule has 2 rings (SSSR count). The summed E-state index contributed by atoms with van der Waals surface area (Å²) in [5.74, 6) is 0. The minimum absolute atomic E-state index is 0. The predicted octanol–water partition coefficient (Wildman–Crippen LogP) is 2.17. The van der Waals surface area contributed by atoms with Gasteiger partial charge in [0.1, 0.15) is 0 Å². The molecule has 0 aromatic heterocycles. The fourth-order valence-electron chi connectivity index (χ4n) is 1.76. The summed E-state index contributed by atoms with van der Waals surface area (Å²) in [6.07, 6.45) is 0. The number of nitrogens with zero attached hydrogens (tertiary/aromatic N) is 1. The van der Waals surface area contributed by atoms with Crippen molar-refractivity contribution in [2.24, 2.45) is 0 Å². The van der Waals surface area contributed by atoms with Crippen LogP contribution in [-0.4, -0.2) is 31.1 Å². The van der Waals surface area contributed by atoms with Crippen molar-refractivity contribution >= 4 is 24.0 Å². The first-order valence-electron chi connectivity index (χ1n) is 5.02. The first-order chi connectivity index (χ1) is 6.84. The lowest BCUT2D eigenvalue weighted by Crippen LogP contribution is -2.42. The molecular weight excluding hydrogens is 231 g/mol. The summed E-state index contributed by atoms with van der Waals surface area (Å²) in [6.45, 7) is 5.47. The smallest absolute Gasteiger partial charge is 0.0409 e. The minimum Gasteiger partial charge on any atom is -0.314 e. The van der Waals surface area contributed by atoms with Crippen LogP contribution in [0, 0.1) is 0 Å². The van der Waals surface area contributed by atoms with Crippen LogP contribution in [-0.2, 0) is 6.54 Å². The zero-order chi connectivity index (χ0) is 9.80. The SMILES string of the molecule is Cl.Clc1cccc(CN2CCNCC2)c1. The van der Waals surface area contributed by atoms with E-state index in [1.807, 2.05) is 18.2 Å². The molecule has 0 saturated carbocycles. The van der Waals surface area contributed by atoms with E-state index in [0.717, 1.165) is 37.7 Å². The predicted molar refractivity (Wildman–Crippen MR) is 66.8 cm³/mol. The van der Waals surface area contributed by atoms with E-state index in [1.165, 1.54) is 5.56 Å². The van der Waals surface area contributed by atoms with E-state index in [1.54, 1.807) is 0 Å². The number of hydrogen-bond acceptors (Lipinski definition) is 2. The van der Waals surface area contributed by atoms with Crippen molar-refractivity contribution in [2.45, 2.75) is 6.54 Å². The van der Waals surface area contributed by atoms with Gasteiger partial charge in [0.15, 0.2) is 0 Å². The molecule has 15 heavy (non-hydrogen) atoms. The zero-order valence-corrected chi connectivity index (χ0v) is 10.2. The van der Waals surface area contributed by atoms with Crippen molar-refractivity contribution in [3.05, 3.63) is 34.9 Å². The topological polar surface area (TPSA) is 15.3 Å². The van der Waals surface area contributed by atoms with E-state index in [9.17, 15) is 0 Å². The van der Waals surface area contributed by atoms with Crippen molar-refractivity contribution in [3.8, 4) is 0 Å². The van der Waals surface area contributed by atoms with Crippen LogP contribution in [0.15, 0.2) is 24.3 Å². The molecule has 0 spiro atoms. The molecule has 1 aromatic rings. The van der Waals surface area contributed by atoms with Gasteiger partial charge in [-0.15, -0.1) is 12.4 Å². The standard InChI is InChI=1S/C11H15ClN2.ClH/c12-11-3-1-2-10(8-11)9-14-6-4-13-5-7-14;/h1-3,8,13H,4-7,9H2;1H. The summed E-state index contributed by atoms with van der Waals surface area (Å²) < 4.78 is 0. The van der Waals surface area contributed by atoms with Crippen molar-refractivity contribution in [1.82, 2.24) is 10.2 Å². The van der Waals surface area contributed by atoms with E-state index in [2.05, 4.69) is 16.3 Å². The second-order valence-electron chi connectivity index (χ2n) is 3.66. The highest BCUT2D eigenvalue weighted by Crippen LogP contribution is 2.12. The number of nitrogens with one attached hydrogen (secondary N) is 1. The lowest BCUT2D eigenvalue weighted by molar-refractivity contribution is 0.233. The third kappa shape index (κ3) is 3.99. The Morgan fingerprint density at radius 3 is 2.67 bits per heavy atom. The first kappa shape index (κ1) is 12.8. The van der Waals surface area contributed by atoms with Gasteiger partial charge in [0.05, 0.1) is 0 Å². The van der Waals surface area contributed by atoms with Gasteiger partial charge in [0, 0.05) is 37.7 Å². The van der Waals surface area contributed by atoms with E-state index < -0.39 is 0 Å². The highest BCUT2D eigenvalue weighted by atomic mass is 35.5. The average molecular weight is 247 g/mol. The quantitative estimate of drug-likeness (QED) is 0.861. The molecule has 4 heteroatoms. The summed E-state index contributed by atoms with van der Waals surface area (Å²) >= 11 is 5.93. The molecule has 0 atom stereocenters. The summed E-state index contributed by atoms with van der Waals surface area (Å²) in [7, 11) is 0. The second-order valence-corrected chi connectivity index (χ2v) is 4.09. The van der Waals surface area contributed by atoms with Crippen LogP contribution in [0.25, 0.3) is 0 Å². The number of rotatable bonds is 2. The second kappa shape index (κ2) is 6.33. The maximum atomic E-state index is 5.93. The Morgan fingerprint density at radius 2 is 2.00 bits per heavy atom. The van der Waals surface area contributed by atoms with Crippen molar-refractivity contribution in [2.75, 3.05) is 26.2 Å². The summed E-state index contributed by atoms with van der Waals surface area (Å²) in [5, 5.41) is 4.18. The molecule has 2 nitrogen and oxygen atoms in total. The lowest BCUT2D eigenvalue weighted by Gasteiger charge is -2.27. The molecule has 0 unspecified atom stereocenters. The van der Waals surface area contributed by atoms with Crippen LogP contribution in [0.2, 0.25) is 5.02 Å². The van der Waals surface area contributed by atoms with Crippen LogP contribution in [0.4, 0.5) is 0 Å². The van der Waals surface area contributed by atoms with Gasteiger partial charge < -0.3 is 5.32 Å². The van der Waals surface area contributed by atoms with Crippen LogP contribution in [0.3, 0.4) is 0 Å². The average Bonchev–Trinajstić information content (AvgIpc) is 2.19. The third-order valence-electron chi connectivity index (χ3n) is 2.50. The molecule has 1 saturated heterocycles. The number of hydrogen-bond donors (Lipinski definition) is 1. The molecule has 1 aromatic carbocycles.